The smallest absolute Gasteiger partial charge is 0.319 e. The van der Waals surface area contributed by atoms with Gasteiger partial charge in [-0.05, 0) is 32.2 Å². The molecule has 3 amide bonds. The third-order valence-electron chi connectivity index (χ3n) is 5.65. The molecule has 0 aromatic rings. The molecular formula is C17H30N4O2. The minimum Gasteiger partial charge on any atom is -0.340 e. The van der Waals surface area contributed by atoms with Crippen LogP contribution in [0.25, 0.3) is 0 Å². The van der Waals surface area contributed by atoms with Gasteiger partial charge in [0.05, 0.1) is 0 Å². The summed E-state index contributed by atoms with van der Waals surface area (Å²) in [6, 6.07) is 0.642. The van der Waals surface area contributed by atoms with Gasteiger partial charge in [-0.2, -0.15) is 0 Å². The van der Waals surface area contributed by atoms with Gasteiger partial charge in [0.25, 0.3) is 0 Å². The fraction of sp³-hybridized carbons (Fsp3) is 0.882. The summed E-state index contributed by atoms with van der Waals surface area (Å²) < 4.78 is 0. The van der Waals surface area contributed by atoms with E-state index in [0.717, 1.165) is 32.5 Å². The number of carbonyl (C=O) groups excluding carboxylic acids is 2. The molecule has 3 aliphatic heterocycles. The van der Waals surface area contributed by atoms with Gasteiger partial charge in [-0.25, -0.2) is 4.79 Å². The maximum absolute atomic E-state index is 12.8. The SMILES string of the molecule is CN(C)C(=O)N1CCC(C(=O)N2CCN3CCCCC3C2)CC1. The summed E-state index contributed by atoms with van der Waals surface area (Å²) >= 11 is 0. The molecule has 0 aliphatic carbocycles. The van der Waals surface area contributed by atoms with Crippen LogP contribution in [0.3, 0.4) is 0 Å². The zero-order valence-corrected chi connectivity index (χ0v) is 14.5. The molecule has 0 N–H and O–H groups in total. The van der Waals surface area contributed by atoms with E-state index in [4.69, 9.17) is 0 Å². The standard InChI is InChI=1S/C17H30N4O2/c1-18(2)17(23)20-9-6-14(7-10-20)16(22)21-12-11-19-8-4-3-5-15(19)13-21/h14-15H,3-13H2,1-2H3. The maximum atomic E-state index is 12.8. The number of amides is 3. The number of hydrogen-bond donors (Lipinski definition) is 0. The number of hydrogen-bond acceptors (Lipinski definition) is 3. The molecule has 0 aromatic heterocycles. The second kappa shape index (κ2) is 7.07. The van der Waals surface area contributed by atoms with Crippen LogP contribution in [0.4, 0.5) is 4.79 Å². The average molecular weight is 322 g/mol. The minimum atomic E-state index is 0.0618. The fourth-order valence-electron chi connectivity index (χ4n) is 4.21. The summed E-state index contributed by atoms with van der Waals surface area (Å²) in [4.78, 5) is 33.0. The van der Waals surface area contributed by atoms with Crippen molar-refractivity contribution < 1.29 is 9.59 Å². The van der Waals surface area contributed by atoms with Crippen molar-refractivity contribution >= 4 is 11.9 Å². The normalized spacial score (nSPS) is 26.8. The van der Waals surface area contributed by atoms with Crippen LogP contribution in [0.2, 0.25) is 0 Å². The highest BCUT2D eigenvalue weighted by molar-refractivity contribution is 5.80. The number of rotatable bonds is 1. The molecule has 3 fully saturated rings. The summed E-state index contributed by atoms with van der Waals surface area (Å²) in [5, 5.41) is 0. The Morgan fingerprint density at radius 1 is 0.870 bits per heavy atom. The van der Waals surface area contributed by atoms with Gasteiger partial charge in [0.15, 0.2) is 0 Å². The first kappa shape index (κ1) is 16.6. The number of likely N-dealkylation sites (tertiary alicyclic amines) is 1. The van der Waals surface area contributed by atoms with Gasteiger partial charge >= 0.3 is 6.03 Å². The highest BCUT2D eigenvalue weighted by Crippen LogP contribution is 2.25. The van der Waals surface area contributed by atoms with E-state index in [1.807, 2.05) is 4.90 Å². The van der Waals surface area contributed by atoms with E-state index in [1.165, 1.54) is 25.8 Å². The van der Waals surface area contributed by atoms with E-state index < -0.39 is 0 Å². The van der Waals surface area contributed by atoms with Gasteiger partial charge in [-0.1, -0.05) is 6.42 Å². The van der Waals surface area contributed by atoms with Crippen LogP contribution in [0.1, 0.15) is 32.1 Å². The molecule has 0 aromatic carbocycles. The van der Waals surface area contributed by atoms with Crippen LogP contribution in [-0.4, -0.2) is 90.9 Å². The first-order valence-electron chi connectivity index (χ1n) is 9.05. The second-order valence-electron chi connectivity index (χ2n) is 7.41. The van der Waals surface area contributed by atoms with Gasteiger partial charge in [0, 0.05) is 58.8 Å². The number of urea groups is 1. The van der Waals surface area contributed by atoms with Crippen LogP contribution >= 0.6 is 0 Å². The highest BCUT2D eigenvalue weighted by Gasteiger charge is 2.35. The monoisotopic (exact) mass is 322 g/mol. The number of fused-ring (bicyclic) bond motifs is 1. The van der Waals surface area contributed by atoms with Gasteiger partial charge < -0.3 is 14.7 Å². The van der Waals surface area contributed by atoms with E-state index in [2.05, 4.69) is 9.80 Å². The lowest BCUT2D eigenvalue weighted by atomic mass is 9.93. The topological polar surface area (TPSA) is 47.1 Å². The molecule has 130 valence electrons. The third-order valence-corrected chi connectivity index (χ3v) is 5.65. The lowest BCUT2D eigenvalue weighted by molar-refractivity contribution is -0.140. The van der Waals surface area contributed by atoms with Crippen molar-refractivity contribution in [1.82, 2.24) is 19.6 Å². The van der Waals surface area contributed by atoms with E-state index in [9.17, 15) is 9.59 Å². The molecule has 0 radical (unpaired) electrons. The Bertz CT molecular complexity index is 446. The van der Waals surface area contributed by atoms with Gasteiger partial charge in [-0.15, -0.1) is 0 Å². The Morgan fingerprint density at radius 3 is 2.30 bits per heavy atom. The Kier molecular flexibility index (Phi) is 5.09. The zero-order chi connectivity index (χ0) is 16.4. The Hall–Kier alpha value is -1.30. The van der Waals surface area contributed by atoms with Crippen molar-refractivity contribution in [3.8, 4) is 0 Å². The van der Waals surface area contributed by atoms with Gasteiger partial charge in [0.2, 0.25) is 5.91 Å². The lowest BCUT2D eigenvalue weighted by Gasteiger charge is -2.45. The average Bonchev–Trinajstić information content (AvgIpc) is 2.60. The fourth-order valence-corrected chi connectivity index (χ4v) is 4.21. The molecule has 0 spiro atoms. The van der Waals surface area contributed by atoms with Crippen LogP contribution in [-0.2, 0) is 4.79 Å². The number of piperidine rings is 2. The van der Waals surface area contributed by atoms with Gasteiger partial charge in [-0.3, -0.25) is 9.69 Å². The van der Waals surface area contributed by atoms with Crippen molar-refractivity contribution in [2.75, 3.05) is 53.4 Å². The first-order valence-corrected chi connectivity index (χ1v) is 9.05. The Labute approximate surface area is 139 Å². The molecule has 3 heterocycles. The zero-order valence-electron chi connectivity index (χ0n) is 14.5. The van der Waals surface area contributed by atoms with Crippen molar-refractivity contribution in [2.45, 2.75) is 38.1 Å². The molecular weight excluding hydrogens is 292 g/mol. The van der Waals surface area contributed by atoms with Crippen LogP contribution in [0.15, 0.2) is 0 Å². The van der Waals surface area contributed by atoms with Crippen molar-refractivity contribution in [1.29, 1.82) is 0 Å². The summed E-state index contributed by atoms with van der Waals surface area (Å²) in [5.74, 6) is 0.434. The molecule has 1 unspecified atom stereocenters. The molecule has 3 rings (SSSR count). The van der Waals surface area contributed by atoms with Crippen LogP contribution in [0.5, 0.6) is 0 Å². The van der Waals surface area contributed by atoms with Crippen molar-refractivity contribution in [3.05, 3.63) is 0 Å². The highest BCUT2D eigenvalue weighted by atomic mass is 16.2. The lowest BCUT2D eigenvalue weighted by Crippen LogP contribution is -2.57. The quantitative estimate of drug-likeness (QED) is 0.726. The Balaban J connectivity index is 1.50. The second-order valence-corrected chi connectivity index (χ2v) is 7.41. The summed E-state index contributed by atoms with van der Waals surface area (Å²) in [5.41, 5.74) is 0. The molecule has 6 nitrogen and oxygen atoms in total. The molecule has 0 bridgehead atoms. The summed E-state index contributed by atoms with van der Waals surface area (Å²) in [7, 11) is 3.56. The summed E-state index contributed by atoms with van der Waals surface area (Å²) in [6.45, 7) is 5.45. The predicted molar refractivity (Wildman–Crippen MR) is 89.2 cm³/mol. The van der Waals surface area contributed by atoms with Crippen LogP contribution in [0, 0.1) is 5.92 Å². The molecule has 3 saturated heterocycles. The van der Waals surface area contributed by atoms with Gasteiger partial charge in [0.1, 0.15) is 0 Å². The van der Waals surface area contributed by atoms with E-state index in [-0.39, 0.29) is 11.9 Å². The molecule has 1 atom stereocenters. The number of piperazine rings is 1. The van der Waals surface area contributed by atoms with E-state index in [0.29, 0.717) is 25.0 Å². The number of nitrogens with zero attached hydrogens (tertiary/aromatic N) is 4. The first-order chi connectivity index (χ1) is 11.1. The molecule has 6 heteroatoms. The van der Waals surface area contributed by atoms with Crippen molar-refractivity contribution in [2.24, 2.45) is 5.92 Å². The van der Waals surface area contributed by atoms with Crippen LogP contribution < -0.4 is 0 Å². The largest absolute Gasteiger partial charge is 0.340 e. The Morgan fingerprint density at radius 2 is 1.61 bits per heavy atom. The maximum Gasteiger partial charge on any atom is 0.319 e. The van der Waals surface area contributed by atoms with Crippen molar-refractivity contribution in [3.63, 3.8) is 0 Å². The predicted octanol–water partition coefficient (Wildman–Crippen LogP) is 1.08. The number of carbonyl (C=O) groups is 2. The molecule has 23 heavy (non-hydrogen) atoms. The van der Waals surface area contributed by atoms with E-state index >= 15 is 0 Å². The third kappa shape index (κ3) is 3.62. The molecule has 3 aliphatic rings. The summed E-state index contributed by atoms with van der Waals surface area (Å²) in [6.07, 6.45) is 5.46. The van der Waals surface area contributed by atoms with E-state index in [1.54, 1.807) is 19.0 Å². The minimum absolute atomic E-state index is 0.0618. The molecule has 0 saturated carbocycles.